The molecule has 1 aliphatic heterocycles. The average molecular weight is 424 g/mol. The largest absolute Gasteiger partial charge is 0.339 e. The molecule has 8 heteroatoms. The van der Waals surface area contributed by atoms with Crippen LogP contribution in [-0.2, 0) is 4.79 Å². The van der Waals surface area contributed by atoms with Crippen molar-refractivity contribution in [1.82, 2.24) is 19.7 Å². The summed E-state index contributed by atoms with van der Waals surface area (Å²) >= 11 is 1.30. The van der Waals surface area contributed by atoms with E-state index in [9.17, 15) is 9.59 Å². The van der Waals surface area contributed by atoms with Gasteiger partial charge >= 0.3 is 0 Å². The monoisotopic (exact) mass is 423 g/mol. The van der Waals surface area contributed by atoms with Crippen LogP contribution >= 0.6 is 11.3 Å². The molecule has 3 aromatic rings. The molecule has 1 N–H and O–H groups in total. The molecule has 1 aromatic carbocycles. The van der Waals surface area contributed by atoms with Crippen LogP contribution in [0.25, 0.3) is 5.69 Å². The zero-order valence-corrected chi connectivity index (χ0v) is 18.2. The number of nitrogens with zero attached hydrogens (tertiary/aromatic N) is 4. The predicted octanol–water partition coefficient (Wildman–Crippen LogP) is 3.74. The van der Waals surface area contributed by atoms with Gasteiger partial charge in [0.1, 0.15) is 5.51 Å². The number of carbonyl (C=O) groups is 2. The molecule has 0 bridgehead atoms. The molecule has 1 saturated heterocycles. The van der Waals surface area contributed by atoms with Crippen LogP contribution in [0.1, 0.15) is 40.2 Å². The fourth-order valence-electron chi connectivity index (χ4n) is 4.11. The molecular weight excluding hydrogens is 398 g/mol. The van der Waals surface area contributed by atoms with Gasteiger partial charge in [-0.1, -0.05) is 29.5 Å². The summed E-state index contributed by atoms with van der Waals surface area (Å²) in [5, 5.41) is 10.9. The van der Waals surface area contributed by atoms with Crippen LogP contribution < -0.4 is 5.32 Å². The predicted molar refractivity (Wildman–Crippen MR) is 117 cm³/mol. The van der Waals surface area contributed by atoms with Crippen LogP contribution in [0.4, 0.5) is 5.13 Å². The molecular formula is C22H25N5O2S. The van der Waals surface area contributed by atoms with E-state index >= 15 is 0 Å². The van der Waals surface area contributed by atoms with Gasteiger partial charge in [0.2, 0.25) is 11.0 Å². The van der Waals surface area contributed by atoms with E-state index in [1.54, 1.807) is 5.51 Å². The molecule has 0 saturated carbocycles. The van der Waals surface area contributed by atoms with E-state index in [1.165, 1.54) is 16.9 Å². The van der Waals surface area contributed by atoms with Crippen LogP contribution in [-0.4, -0.2) is 44.6 Å². The topological polar surface area (TPSA) is 80.1 Å². The number of hydrogen-bond donors (Lipinski definition) is 1. The first-order valence-electron chi connectivity index (χ1n) is 10.1. The van der Waals surface area contributed by atoms with Crippen molar-refractivity contribution in [3.05, 3.63) is 58.4 Å². The number of aromatic nitrogens is 3. The van der Waals surface area contributed by atoms with E-state index in [0.29, 0.717) is 31.1 Å². The Morgan fingerprint density at radius 3 is 2.53 bits per heavy atom. The maximum atomic E-state index is 13.2. The highest BCUT2D eigenvalue weighted by atomic mass is 32.1. The minimum atomic E-state index is -0.114. The van der Waals surface area contributed by atoms with Gasteiger partial charge in [-0.2, -0.15) is 0 Å². The molecule has 0 aliphatic carbocycles. The summed E-state index contributed by atoms with van der Waals surface area (Å²) < 4.78 is 2.14. The summed E-state index contributed by atoms with van der Waals surface area (Å²) in [5.41, 5.74) is 6.57. The molecule has 0 atom stereocenters. The second-order valence-corrected chi connectivity index (χ2v) is 8.54. The Bertz CT molecular complexity index is 1070. The molecule has 0 spiro atoms. The number of amides is 2. The van der Waals surface area contributed by atoms with Crippen LogP contribution in [0, 0.1) is 26.7 Å². The lowest BCUT2D eigenvalue weighted by molar-refractivity contribution is -0.121. The number of hydrogen-bond acceptors (Lipinski definition) is 5. The van der Waals surface area contributed by atoms with Crippen molar-refractivity contribution < 1.29 is 9.59 Å². The smallest absolute Gasteiger partial charge is 0.255 e. The molecule has 2 amide bonds. The van der Waals surface area contributed by atoms with Gasteiger partial charge in [0.15, 0.2) is 0 Å². The quantitative estimate of drug-likeness (QED) is 0.693. The van der Waals surface area contributed by atoms with E-state index < -0.39 is 0 Å². The molecule has 0 radical (unpaired) electrons. The number of piperidine rings is 1. The lowest BCUT2D eigenvalue weighted by Gasteiger charge is -2.31. The van der Waals surface area contributed by atoms with Gasteiger partial charge in [-0.3, -0.25) is 9.59 Å². The number of para-hydroxylation sites is 1. The highest BCUT2D eigenvalue weighted by Gasteiger charge is 2.30. The average Bonchev–Trinajstić information content (AvgIpc) is 3.36. The molecule has 30 heavy (non-hydrogen) atoms. The van der Waals surface area contributed by atoms with E-state index in [4.69, 9.17) is 0 Å². The Hall–Kier alpha value is -3.00. The van der Waals surface area contributed by atoms with Crippen LogP contribution in [0.3, 0.4) is 0 Å². The molecule has 2 aromatic heterocycles. The van der Waals surface area contributed by atoms with Crippen molar-refractivity contribution in [3.63, 3.8) is 0 Å². The molecule has 1 fully saturated rings. The third-order valence-electron chi connectivity index (χ3n) is 5.76. The first-order valence-corrected chi connectivity index (χ1v) is 10.9. The number of carbonyl (C=O) groups excluding carboxylic acids is 2. The van der Waals surface area contributed by atoms with Crippen molar-refractivity contribution in [2.45, 2.75) is 33.6 Å². The van der Waals surface area contributed by atoms with E-state index in [-0.39, 0.29) is 17.7 Å². The van der Waals surface area contributed by atoms with Crippen LogP contribution in [0.2, 0.25) is 0 Å². The van der Waals surface area contributed by atoms with E-state index in [2.05, 4.69) is 39.1 Å². The van der Waals surface area contributed by atoms with Gasteiger partial charge in [0, 0.05) is 36.1 Å². The zero-order chi connectivity index (χ0) is 21.3. The number of likely N-dealkylation sites (tertiary alicyclic amines) is 1. The molecule has 0 unspecified atom stereocenters. The summed E-state index contributed by atoms with van der Waals surface area (Å²) in [6, 6.07) is 10.2. The third kappa shape index (κ3) is 3.87. The Morgan fingerprint density at radius 2 is 1.87 bits per heavy atom. The van der Waals surface area contributed by atoms with Crippen molar-refractivity contribution >= 4 is 28.3 Å². The highest BCUT2D eigenvalue weighted by molar-refractivity contribution is 7.13. The first kappa shape index (κ1) is 20.3. The van der Waals surface area contributed by atoms with E-state index in [1.807, 2.05) is 36.9 Å². The van der Waals surface area contributed by atoms with Crippen LogP contribution in [0.15, 0.2) is 35.8 Å². The summed E-state index contributed by atoms with van der Waals surface area (Å²) in [6.45, 7) is 7.24. The molecule has 3 heterocycles. The van der Waals surface area contributed by atoms with Gasteiger partial charge in [0.25, 0.3) is 5.91 Å². The number of rotatable bonds is 4. The van der Waals surface area contributed by atoms with Crippen molar-refractivity contribution in [3.8, 4) is 5.69 Å². The fraction of sp³-hybridized carbons (Fsp3) is 0.364. The Labute approximate surface area is 179 Å². The van der Waals surface area contributed by atoms with Crippen LogP contribution in [0.5, 0.6) is 0 Å². The maximum absolute atomic E-state index is 13.2. The van der Waals surface area contributed by atoms with Gasteiger partial charge in [-0.25, -0.2) is 0 Å². The van der Waals surface area contributed by atoms with Gasteiger partial charge in [-0.05, 0) is 51.3 Å². The highest BCUT2D eigenvalue weighted by Crippen LogP contribution is 2.26. The van der Waals surface area contributed by atoms with E-state index in [0.717, 1.165) is 22.6 Å². The molecule has 4 rings (SSSR count). The SMILES string of the molecule is Cc1ccccc1-n1c(C)cc(C(=O)N2CCC(C(=O)Nc3nncs3)CC2)c1C. The second-order valence-electron chi connectivity index (χ2n) is 7.71. The lowest BCUT2D eigenvalue weighted by Crippen LogP contribution is -2.41. The zero-order valence-electron chi connectivity index (χ0n) is 17.4. The Kier molecular flexibility index (Phi) is 5.67. The van der Waals surface area contributed by atoms with Crippen molar-refractivity contribution in [1.29, 1.82) is 0 Å². The summed E-state index contributed by atoms with van der Waals surface area (Å²) in [7, 11) is 0. The fourth-order valence-corrected chi connectivity index (χ4v) is 4.56. The normalized spacial score (nSPS) is 14.7. The number of nitrogens with one attached hydrogen (secondary N) is 1. The third-order valence-corrected chi connectivity index (χ3v) is 6.37. The van der Waals surface area contributed by atoms with Gasteiger partial charge in [-0.15, -0.1) is 10.2 Å². The molecule has 1 aliphatic rings. The van der Waals surface area contributed by atoms with Crippen molar-refractivity contribution in [2.24, 2.45) is 5.92 Å². The van der Waals surface area contributed by atoms with Gasteiger partial charge in [0.05, 0.1) is 5.56 Å². The number of aryl methyl sites for hydroxylation is 2. The molecule has 156 valence electrons. The Balaban J connectivity index is 1.45. The maximum Gasteiger partial charge on any atom is 0.255 e. The summed E-state index contributed by atoms with van der Waals surface area (Å²) in [6.07, 6.45) is 1.29. The molecule has 7 nitrogen and oxygen atoms in total. The second kappa shape index (κ2) is 8.39. The summed E-state index contributed by atoms with van der Waals surface area (Å²) in [4.78, 5) is 27.5. The lowest BCUT2D eigenvalue weighted by atomic mass is 9.95. The summed E-state index contributed by atoms with van der Waals surface area (Å²) in [5.74, 6) is -0.125. The minimum Gasteiger partial charge on any atom is -0.339 e. The number of benzene rings is 1. The first-order chi connectivity index (χ1) is 14.5. The number of anilines is 1. The standard InChI is InChI=1S/C22H25N5O2S/c1-14-6-4-5-7-19(14)27-15(2)12-18(16(27)3)21(29)26-10-8-17(9-11-26)20(28)24-22-25-23-13-30-22/h4-7,12-13,17H,8-11H2,1-3H3,(H,24,25,28). The Morgan fingerprint density at radius 1 is 1.13 bits per heavy atom. The minimum absolute atomic E-state index is 0.0333. The van der Waals surface area contributed by atoms with Gasteiger partial charge < -0.3 is 14.8 Å². The van der Waals surface area contributed by atoms with Crippen molar-refractivity contribution in [2.75, 3.05) is 18.4 Å².